The zero-order valence-electron chi connectivity index (χ0n) is 27.3. The number of ether oxygens (including phenoxy) is 2. The molecule has 0 saturated carbocycles. The highest BCUT2D eigenvalue weighted by molar-refractivity contribution is 6.37. The molecule has 0 saturated heterocycles. The molecule has 0 aromatic heterocycles. The van der Waals surface area contributed by atoms with Crippen LogP contribution in [0.15, 0.2) is 35.5 Å². The quantitative estimate of drug-likeness (QED) is 0.0300. The van der Waals surface area contributed by atoms with Crippen molar-refractivity contribution in [1.29, 1.82) is 0 Å². The van der Waals surface area contributed by atoms with Gasteiger partial charge in [-0.1, -0.05) is 104 Å². The minimum absolute atomic E-state index is 0.186. The van der Waals surface area contributed by atoms with E-state index in [1.165, 1.54) is 89.4 Å². The van der Waals surface area contributed by atoms with E-state index in [9.17, 15) is 14.4 Å². The van der Waals surface area contributed by atoms with Crippen LogP contribution in [0.2, 0.25) is 0 Å². The molecule has 0 rings (SSSR count). The van der Waals surface area contributed by atoms with Crippen LogP contribution in [0.4, 0.5) is 0 Å². The van der Waals surface area contributed by atoms with Crippen molar-refractivity contribution in [3.63, 3.8) is 0 Å². The highest BCUT2D eigenvalue weighted by Crippen LogP contribution is 2.13. The van der Waals surface area contributed by atoms with Crippen molar-refractivity contribution in [2.75, 3.05) is 13.2 Å². The van der Waals surface area contributed by atoms with Crippen molar-refractivity contribution < 1.29 is 35.2 Å². The maximum absolute atomic E-state index is 12.2. The molecule has 0 aliphatic rings. The lowest BCUT2D eigenvalue weighted by atomic mass is 10.1. The number of carbonyl (C=O) groups is 3. The molecule has 0 aliphatic heterocycles. The Kier molecular flexibility index (Phi) is 26.1. The molecule has 8 nitrogen and oxygen atoms in total. The molecule has 240 valence electrons. The second-order valence-electron chi connectivity index (χ2n) is 10.8. The molecule has 9 heteroatoms. The van der Waals surface area contributed by atoms with Gasteiger partial charge in [-0.15, -0.1) is 0 Å². The van der Waals surface area contributed by atoms with Gasteiger partial charge in [0.15, 0.2) is 5.78 Å². The fourth-order valence-corrected chi connectivity index (χ4v) is 5.41. The number of allylic oxidation sites excluding steroid dienone is 4. The Balaban J connectivity index is 4.68. The molecule has 0 aromatic rings. The standard InChI is InChI=1S/2C14H26O3.C5H8O2.Al/c2*1-3-4-5-6-7-8-9-10-11-17-14(16)12-13(2)15;1-4(6)3-5(2)7;/h2*12,15H,3-11H2,1-2H3;3,6H,1-2H3;/q;;;+3/p-3. The van der Waals surface area contributed by atoms with Gasteiger partial charge in [-0.2, -0.15) is 0 Å². The summed E-state index contributed by atoms with van der Waals surface area (Å²) < 4.78 is 27.9. The maximum Gasteiger partial charge on any atom is 1.20 e. The average molecular weight is 609 g/mol. The van der Waals surface area contributed by atoms with E-state index in [-0.39, 0.29) is 17.3 Å². The third kappa shape index (κ3) is 26.6. The lowest BCUT2D eigenvalue weighted by molar-refractivity contribution is -0.138. The third-order valence-electron chi connectivity index (χ3n) is 6.38. The summed E-state index contributed by atoms with van der Waals surface area (Å²) in [5, 5.41) is 0. The Morgan fingerprint density at radius 2 is 0.786 bits per heavy atom. The summed E-state index contributed by atoms with van der Waals surface area (Å²) in [6.45, 7) is 11.4. The number of ketones is 1. The van der Waals surface area contributed by atoms with Crippen LogP contribution in [0.3, 0.4) is 0 Å². The number of carbonyl (C=O) groups excluding carboxylic acids is 3. The van der Waals surface area contributed by atoms with Crippen LogP contribution in [0.1, 0.15) is 144 Å². The van der Waals surface area contributed by atoms with Crippen molar-refractivity contribution in [2.45, 2.75) is 144 Å². The molecular formula is C33H57AlO8. The van der Waals surface area contributed by atoms with Gasteiger partial charge < -0.3 is 20.8 Å². The van der Waals surface area contributed by atoms with Crippen molar-refractivity contribution in [1.82, 2.24) is 0 Å². The Hall–Kier alpha value is -2.24. The summed E-state index contributed by atoms with van der Waals surface area (Å²) in [6, 6.07) is 0. The van der Waals surface area contributed by atoms with Crippen molar-refractivity contribution in [2.24, 2.45) is 0 Å². The van der Waals surface area contributed by atoms with Gasteiger partial charge in [-0.25, -0.2) is 9.59 Å². The van der Waals surface area contributed by atoms with E-state index in [1.807, 2.05) is 0 Å². The number of unbranched alkanes of at least 4 members (excludes halogenated alkanes) is 14. The first-order chi connectivity index (χ1) is 20.2. The molecular weight excluding hydrogens is 551 g/mol. The van der Waals surface area contributed by atoms with E-state index in [2.05, 4.69) is 13.8 Å². The second kappa shape index (κ2) is 27.6. The van der Waals surface area contributed by atoms with Crippen LogP contribution in [0.5, 0.6) is 0 Å². The molecule has 42 heavy (non-hydrogen) atoms. The lowest BCUT2D eigenvalue weighted by Gasteiger charge is -2.17. The Morgan fingerprint density at radius 1 is 0.476 bits per heavy atom. The van der Waals surface area contributed by atoms with Crippen LogP contribution < -0.4 is 0 Å². The molecule has 0 bridgehead atoms. The van der Waals surface area contributed by atoms with Gasteiger partial charge in [-0.05, 0) is 40.5 Å². The molecule has 0 atom stereocenters. The number of rotatable bonds is 27. The minimum atomic E-state index is -2.97. The van der Waals surface area contributed by atoms with E-state index in [0.29, 0.717) is 19.0 Å². The van der Waals surface area contributed by atoms with Crippen LogP contribution in [0, 0.1) is 0 Å². The van der Waals surface area contributed by atoms with Gasteiger partial charge in [0.2, 0.25) is 0 Å². The third-order valence-corrected chi connectivity index (χ3v) is 8.07. The predicted molar refractivity (Wildman–Crippen MR) is 168 cm³/mol. The first-order valence-corrected chi connectivity index (χ1v) is 17.5. The van der Waals surface area contributed by atoms with Gasteiger partial charge >= 0.3 is 27.1 Å². The molecule has 0 aromatic carbocycles. The molecule has 0 unspecified atom stereocenters. The minimum Gasteiger partial charge on any atom is -0.580 e. The van der Waals surface area contributed by atoms with E-state index in [4.69, 9.17) is 20.8 Å². The molecule has 0 aliphatic carbocycles. The van der Waals surface area contributed by atoms with Crippen LogP contribution in [0.25, 0.3) is 0 Å². The first-order valence-electron chi connectivity index (χ1n) is 16.1. The molecule has 0 amide bonds. The first kappa shape index (κ1) is 39.8. The van der Waals surface area contributed by atoms with E-state index >= 15 is 0 Å². The molecule has 0 fully saturated rings. The molecule has 0 spiro atoms. The SMILES string of the molecule is CCCCCCCCCCOC(=O)C=C(C)[O][Al]([O]C(C)=CC(C)=O)[O]C(C)=CC(=O)OCCCCCCCCCC. The molecule has 0 radical (unpaired) electrons. The van der Waals surface area contributed by atoms with Gasteiger partial charge in [0, 0.05) is 6.08 Å². The van der Waals surface area contributed by atoms with Crippen molar-refractivity contribution >= 4 is 32.9 Å². The Bertz CT molecular complexity index is 782. The van der Waals surface area contributed by atoms with E-state index in [0.717, 1.165) is 38.5 Å². The fourth-order valence-electron chi connectivity index (χ4n) is 4.15. The summed E-state index contributed by atoms with van der Waals surface area (Å²) >= 11 is -2.97. The Morgan fingerprint density at radius 3 is 1.12 bits per heavy atom. The van der Waals surface area contributed by atoms with E-state index < -0.39 is 27.1 Å². The monoisotopic (exact) mass is 608 g/mol. The highest BCUT2D eigenvalue weighted by atomic mass is 27.3. The summed E-state index contributed by atoms with van der Waals surface area (Å²) in [7, 11) is 0. The topological polar surface area (TPSA) is 97.4 Å². The fraction of sp³-hybridized carbons (Fsp3) is 0.727. The normalized spacial score (nSPS) is 12.1. The van der Waals surface area contributed by atoms with Crippen LogP contribution >= 0.6 is 0 Å². The summed E-state index contributed by atoms with van der Waals surface area (Å²) in [4.78, 5) is 35.9. The zero-order chi connectivity index (χ0) is 31.4. The number of esters is 2. The maximum atomic E-state index is 12.2. The number of hydrogen-bond acceptors (Lipinski definition) is 8. The summed E-state index contributed by atoms with van der Waals surface area (Å²) in [5.41, 5.74) is 0. The number of hydrogen-bond donors (Lipinski definition) is 0. The molecule has 0 heterocycles. The van der Waals surface area contributed by atoms with Gasteiger partial charge in [-0.3, -0.25) is 4.79 Å². The largest absolute Gasteiger partial charge is 1.20 e. The van der Waals surface area contributed by atoms with Crippen LogP contribution in [-0.4, -0.2) is 46.1 Å². The summed E-state index contributed by atoms with van der Waals surface area (Å²) in [6.07, 6.45) is 22.4. The zero-order valence-corrected chi connectivity index (χ0v) is 28.5. The lowest BCUT2D eigenvalue weighted by Crippen LogP contribution is -2.26. The predicted octanol–water partition coefficient (Wildman–Crippen LogP) is 8.69. The highest BCUT2D eigenvalue weighted by Gasteiger charge is 2.44. The smallest absolute Gasteiger partial charge is 0.580 e. The van der Waals surface area contributed by atoms with E-state index in [1.54, 1.807) is 20.8 Å². The van der Waals surface area contributed by atoms with Crippen molar-refractivity contribution in [3.8, 4) is 0 Å². The van der Waals surface area contributed by atoms with Crippen molar-refractivity contribution in [3.05, 3.63) is 35.5 Å². The van der Waals surface area contributed by atoms with Gasteiger partial charge in [0.25, 0.3) is 0 Å². The van der Waals surface area contributed by atoms with Gasteiger partial charge in [0.05, 0.1) is 42.6 Å². The van der Waals surface area contributed by atoms with Gasteiger partial charge in [0.1, 0.15) is 0 Å². The van der Waals surface area contributed by atoms with Crippen LogP contribution in [-0.2, 0) is 35.2 Å². The molecule has 0 N–H and O–H groups in total. The second-order valence-corrected chi connectivity index (χ2v) is 12.1. The average Bonchev–Trinajstić information content (AvgIpc) is 2.90. The summed E-state index contributed by atoms with van der Waals surface area (Å²) in [5.74, 6) is -0.364. The Labute approximate surface area is 260 Å².